The second-order valence-corrected chi connectivity index (χ2v) is 7.53. The highest BCUT2D eigenvalue weighted by Crippen LogP contribution is 2.21. The topological polar surface area (TPSA) is 94.2 Å². The van der Waals surface area contributed by atoms with Crippen molar-refractivity contribution in [2.24, 2.45) is 0 Å². The third-order valence-corrected chi connectivity index (χ3v) is 5.45. The predicted molar refractivity (Wildman–Crippen MR) is 117 cm³/mol. The summed E-state index contributed by atoms with van der Waals surface area (Å²) in [4.78, 5) is 38.6. The number of alkyl halides is 1. The van der Waals surface area contributed by atoms with Gasteiger partial charge < -0.3 is 15.2 Å². The van der Waals surface area contributed by atoms with Crippen molar-refractivity contribution in [2.75, 3.05) is 44.7 Å². The molecule has 0 saturated carbocycles. The molecule has 0 atom stereocenters. The number of carbonyl (C=O) groups is 1. The number of pyridine rings is 1. The maximum Gasteiger partial charge on any atom is 0.270 e. The van der Waals surface area contributed by atoms with Gasteiger partial charge in [0.15, 0.2) is 0 Å². The predicted octanol–water partition coefficient (Wildman–Crippen LogP) is 1.65. The average molecular weight is 445 g/mol. The van der Waals surface area contributed by atoms with E-state index in [1.54, 1.807) is 11.4 Å². The van der Waals surface area contributed by atoms with Crippen molar-refractivity contribution in [1.29, 1.82) is 0 Å². The zero-order valence-corrected chi connectivity index (χ0v) is 17.2. The minimum absolute atomic E-state index is 0.0222. The lowest BCUT2D eigenvalue weighted by atomic mass is 10.1. The van der Waals surface area contributed by atoms with E-state index in [2.05, 4.69) is 19.9 Å². The lowest BCUT2D eigenvalue weighted by Crippen LogP contribution is -2.46. The Balaban J connectivity index is 1.38. The van der Waals surface area contributed by atoms with Gasteiger partial charge in [0.2, 0.25) is 5.95 Å². The number of hydrogen-bond acceptors (Lipinski definition) is 6. The zero-order valence-electron chi connectivity index (χ0n) is 20.2. The van der Waals surface area contributed by atoms with Gasteiger partial charge in [-0.05, 0) is 29.8 Å². The number of carbonyl (C=O) groups excluding carboxylic acids is 1. The number of hydrogen-bond donors (Lipinski definition) is 2. The number of aryl methyl sites for hydroxylation is 1. The number of amides is 1. The van der Waals surface area contributed by atoms with Crippen molar-refractivity contribution in [3.05, 3.63) is 63.6 Å². The van der Waals surface area contributed by atoms with Crippen molar-refractivity contribution in [3.8, 4) is 0 Å². The van der Waals surface area contributed by atoms with Crippen LogP contribution in [0, 0.1) is 5.95 Å². The number of fused-ring (bicyclic) bond motifs is 1. The molecule has 1 saturated heterocycles. The summed E-state index contributed by atoms with van der Waals surface area (Å²) in [6.45, 7) is -0.371. The van der Waals surface area contributed by atoms with Crippen molar-refractivity contribution >= 4 is 22.6 Å². The molecule has 1 aromatic carbocycles. The van der Waals surface area contributed by atoms with Crippen LogP contribution < -0.4 is 15.8 Å². The molecule has 0 unspecified atom stereocenters. The van der Waals surface area contributed by atoms with Crippen molar-refractivity contribution in [3.63, 3.8) is 0 Å². The molecule has 32 heavy (non-hydrogen) atoms. The number of nitrogens with zero attached hydrogens (tertiary/aromatic N) is 4. The summed E-state index contributed by atoms with van der Waals surface area (Å²) in [5, 5.41) is 1.79. The van der Waals surface area contributed by atoms with Crippen molar-refractivity contribution in [2.45, 2.75) is 13.0 Å². The van der Waals surface area contributed by atoms with E-state index in [0.717, 1.165) is 5.56 Å². The molecular formula is C22H24F2N6O2. The van der Waals surface area contributed by atoms with Crippen LogP contribution in [0.25, 0.3) is 11.0 Å². The Morgan fingerprint density at radius 3 is 2.75 bits per heavy atom. The van der Waals surface area contributed by atoms with Crippen LogP contribution in [-0.4, -0.2) is 65.6 Å². The van der Waals surface area contributed by atoms with E-state index in [4.69, 9.17) is 4.11 Å². The molecule has 0 bridgehead atoms. The molecule has 4 rings (SSSR count). The first kappa shape index (κ1) is 18.2. The van der Waals surface area contributed by atoms with Gasteiger partial charge in [-0.2, -0.15) is 4.39 Å². The van der Waals surface area contributed by atoms with Crippen LogP contribution in [0.15, 0.2) is 35.1 Å². The Hall–Kier alpha value is -3.40. The molecule has 0 aliphatic carbocycles. The number of anilines is 1. The van der Waals surface area contributed by atoms with Crippen LogP contribution in [0.3, 0.4) is 0 Å². The maximum absolute atomic E-state index is 14.6. The molecule has 1 amide bonds. The fraction of sp³-hybridized carbons (Fsp3) is 0.364. The van der Waals surface area contributed by atoms with Gasteiger partial charge in [-0.1, -0.05) is 6.07 Å². The Morgan fingerprint density at radius 1 is 1.22 bits per heavy atom. The van der Waals surface area contributed by atoms with E-state index in [9.17, 15) is 18.4 Å². The molecule has 1 aliphatic rings. The molecule has 2 N–H and O–H groups in total. The molecule has 3 aromatic rings. The summed E-state index contributed by atoms with van der Waals surface area (Å²) in [7, 11) is 0. The van der Waals surface area contributed by atoms with E-state index in [0.29, 0.717) is 43.8 Å². The Kier molecular flexibility index (Phi) is 5.34. The molecule has 3 heterocycles. The molecule has 168 valence electrons. The zero-order chi connectivity index (χ0) is 25.2. The first-order valence-electron chi connectivity index (χ1n) is 11.7. The summed E-state index contributed by atoms with van der Waals surface area (Å²) in [6, 6.07) is 8.28. The number of benzene rings is 1. The smallest absolute Gasteiger partial charge is 0.270 e. The second-order valence-electron chi connectivity index (χ2n) is 7.53. The molecule has 0 radical (unpaired) electrons. The Morgan fingerprint density at radius 2 is 2.03 bits per heavy atom. The lowest BCUT2D eigenvalue weighted by Gasteiger charge is -2.36. The minimum atomic E-state index is -2.68. The summed E-state index contributed by atoms with van der Waals surface area (Å²) < 4.78 is 48.4. The molecule has 1 aliphatic heterocycles. The normalized spacial score (nSPS) is 16.4. The molecule has 0 spiro atoms. The summed E-state index contributed by atoms with van der Waals surface area (Å²) in [5.41, 5.74) is 1.88. The van der Waals surface area contributed by atoms with E-state index in [1.807, 2.05) is 17.0 Å². The van der Waals surface area contributed by atoms with Gasteiger partial charge >= 0.3 is 0 Å². The first-order chi connectivity index (χ1) is 16.6. The van der Waals surface area contributed by atoms with Crippen LogP contribution in [0.5, 0.6) is 0 Å². The van der Waals surface area contributed by atoms with Gasteiger partial charge in [-0.15, -0.1) is 0 Å². The van der Waals surface area contributed by atoms with Crippen LogP contribution >= 0.6 is 0 Å². The second kappa shape index (κ2) is 9.39. The van der Waals surface area contributed by atoms with Crippen LogP contribution in [0.1, 0.15) is 25.9 Å². The molecule has 2 aromatic heterocycles. The highest BCUT2D eigenvalue weighted by molar-refractivity contribution is 5.92. The number of aromatic amines is 1. The van der Waals surface area contributed by atoms with E-state index in [1.165, 1.54) is 12.1 Å². The largest absolute Gasteiger partial charge is 0.365 e. The molecule has 10 heteroatoms. The molecular weight excluding hydrogens is 418 g/mol. The summed E-state index contributed by atoms with van der Waals surface area (Å²) >= 11 is 0. The average Bonchev–Trinajstić information content (AvgIpc) is 2.79. The van der Waals surface area contributed by atoms with E-state index < -0.39 is 31.1 Å². The third-order valence-electron chi connectivity index (χ3n) is 5.45. The first-order valence-corrected chi connectivity index (χ1v) is 10.2. The highest BCUT2D eigenvalue weighted by Gasteiger charge is 2.21. The molecule has 1 fully saturated rings. The standard InChI is InChI=1S/C22H24F2N6O2/c1-25-21(31)16-4-5-19(20(24)27-16)30-10-8-29(9-11-30)13-14-2-3-15-18(12-14)28-22(32)17(26-15)6-7-23/h2-5,12H,6-11,13H2,1H3,(H,25,31)(H,28,32)/i1D3. The van der Waals surface area contributed by atoms with Crippen LogP contribution in [-0.2, 0) is 13.0 Å². The van der Waals surface area contributed by atoms with Gasteiger partial charge in [0.1, 0.15) is 11.4 Å². The Labute approximate surface area is 187 Å². The summed E-state index contributed by atoms with van der Waals surface area (Å²) in [5.74, 6) is -1.81. The number of H-pyrrole nitrogens is 1. The molecule has 8 nitrogen and oxygen atoms in total. The highest BCUT2D eigenvalue weighted by atomic mass is 19.1. The van der Waals surface area contributed by atoms with E-state index in [-0.39, 0.29) is 23.5 Å². The van der Waals surface area contributed by atoms with Crippen molar-refractivity contribution < 1.29 is 17.7 Å². The lowest BCUT2D eigenvalue weighted by molar-refractivity contribution is 0.0957. The number of rotatable bonds is 6. The van der Waals surface area contributed by atoms with Gasteiger partial charge in [0.25, 0.3) is 11.5 Å². The summed E-state index contributed by atoms with van der Waals surface area (Å²) in [6.07, 6.45) is -0.0222. The number of nitrogens with one attached hydrogen (secondary N) is 2. The maximum atomic E-state index is 14.6. The van der Waals surface area contributed by atoms with Gasteiger partial charge in [-0.3, -0.25) is 18.9 Å². The fourth-order valence-electron chi connectivity index (χ4n) is 3.79. The number of piperazine rings is 1. The van der Waals surface area contributed by atoms with Gasteiger partial charge in [0, 0.05) is 50.2 Å². The Bertz CT molecular complexity index is 1290. The quantitative estimate of drug-likeness (QED) is 0.561. The third kappa shape index (κ3) is 4.59. The van der Waals surface area contributed by atoms with E-state index >= 15 is 0 Å². The SMILES string of the molecule is [2H]C([2H])([2H])NC(=O)c1ccc(N2CCN(Cc3ccc4nc(CCF)c(=O)[nH]c4c3)CC2)c(F)n1. The van der Waals surface area contributed by atoms with Gasteiger partial charge in [0.05, 0.1) is 23.4 Å². The number of aromatic nitrogens is 3. The van der Waals surface area contributed by atoms with Crippen LogP contribution in [0.2, 0.25) is 0 Å². The monoisotopic (exact) mass is 445 g/mol. The van der Waals surface area contributed by atoms with Crippen LogP contribution in [0.4, 0.5) is 14.5 Å². The fourth-order valence-corrected chi connectivity index (χ4v) is 3.79. The van der Waals surface area contributed by atoms with Crippen molar-refractivity contribution in [1.82, 2.24) is 25.2 Å². The van der Waals surface area contributed by atoms with Gasteiger partial charge in [-0.25, -0.2) is 9.97 Å². The minimum Gasteiger partial charge on any atom is -0.365 e. The number of halogens is 2.